The van der Waals surface area contributed by atoms with E-state index >= 15 is 0 Å². The molecule has 1 N–H and O–H groups in total. The Morgan fingerprint density at radius 2 is 1.66 bits per heavy atom. The van der Waals surface area contributed by atoms with Gasteiger partial charge in [-0.1, -0.05) is 24.3 Å². The van der Waals surface area contributed by atoms with Crippen molar-refractivity contribution in [3.05, 3.63) is 88.3 Å². The molecular weight excluding hydrogens is 452 g/mol. The van der Waals surface area contributed by atoms with Crippen LogP contribution in [0.25, 0.3) is 16.5 Å². The Morgan fingerprint density at radius 3 is 2.40 bits per heavy atom. The van der Waals surface area contributed by atoms with Crippen LogP contribution in [0.15, 0.2) is 71.7 Å². The third-order valence-corrected chi connectivity index (χ3v) is 5.67. The van der Waals surface area contributed by atoms with Gasteiger partial charge in [-0.15, -0.1) is 0 Å². The largest absolute Gasteiger partial charge is 0.497 e. The summed E-state index contributed by atoms with van der Waals surface area (Å²) in [5.41, 5.74) is 0.776. The normalized spacial score (nSPS) is 11.8. The van der Waals surface area contributed by atoms with Gasteiger partial charge in [-0.2, -0.15) is 0 Å². The maximum absolute atomic E-state index is 13.5. The van der Waals surface area contributed by atoms with Crippen molar-refractivity contribution in [2.24, 2.45) is 0 Å². The van der Waals surface area contributed by atoms with Crippen LogP contribution in [0.2, 0.25) is 0 Å². The first-order valence-electron chi connectivity index (χ1n) is 10.6. The van der Waals surface area contributed by atoms with Gasteiger partial charge < -0.3 is 24.3 Å². The average Bonchev–Trinajstić information content (AvgIpc) is 3.35. The zero-order valence-corrected chi connectivity index (χ0v) is 18.9. The maximum atomic E-state index is 13.5. The topological polar surface area (TPSA) is 105 Å². The summed E-state index contributed by atoms with van der Waals surface area (Å²) in [6, 6.07) is 16.8. The minimum Gasteiger partial charge on any atom is -0.497 e. The number of anilines is 1. The third kappa shape index (κ3) is 3.93. The Balaban J connectivity index is 1.64. The van der Waals surface area contributed by atoms with E-state index in [0.29, 0.717) is 33.7 Å². The summed E-state index contributed by atoms with van der Waals surface area (Å²) in [4.78, 5) is 39.2. The molecule has 0 saturated heterocycles. The molecule has 0 radical (unpaired) electrons. The van der Waals surface area contributed by atoms with Crippen LogP contribution < -0.4 is 25.1 Å². The number of hydrogen-bond acceptors (Lipinski definition) is 7. The van der Waals surface area contributed by atoms with E-state index in [9.17, 15) is 14.4 Å². The number of carbonyl (C=O) groups is 2. The van der Waals surface area contributed by atoms with Gasteiger partial charge in [0, 0.05) is 35.2 Å². The van der Waals surface area contributed by atoms with Crippen LogP contribution in [0.1, 0.15) is 20.7 Å². The number of amides is 1. The number of carbonyl (C=O) groups excluding carboxylic acids is 2. The lowest BCUT2D eigenvalue weighted by molar-refractivity contribution is 0.0601. The molecule has 1 aliphatic heterocycles. The van der Waals surface area contributed by atoms with E-state index in [0.717, 1.165) is 0 Å². The molecule has 0 bridgehead atoms. The summed E-state index contributed by atoms with van der Waals surface area (Å²) in [6.07, 6.45) is 1.47. The smallest absolute Gasteiger partial charge is 0.340 e. The Hall–Kier alpha value is -4.79. The summed E-state index contributed by atoms with van der Waals surface area (Å²) < 4.78 is 22.3. The number of methoxy groups -OCH3 is 2. The van der Waals surface area contributed by atoms with E-state index in [2.05, 4.69) is 5.32 Å². The monoisotopic (exact) mass is 472 g/mol. The molecular formula is C26H20N2O7. The number of pyridine rings is 1. The summed E-state index contributed by atoms with van der Waals surface area (Å²) in [5, 5.41) is 3.60. The lowest BCUT2D eigenvalue weighted by Crippen LogP contribution is -2.23. The molecule has 4 aromatic rings. The van der Waals surface area contributed by atoms with Crippen molar-refractivity contribution in [2.75, 3.05) is 26.3 Å². The SMILES string of the molecule is COC(=O)c1cc2c(cc1NC(=O)c1cn(-c3cccc(OC)c3)c(=O)c3ccccc13)OCO2. The van der Waals surface area contributed by atoms with Gasteiger partial charge in [0.1, 0.15) is 5.75 Å². The summed E-state index contributed by atoms with van der Waals surface area (Å²) >= 11 is 0. The average molecular weight is 472 g/mol. The molecule has 9 heteroatoms. The summed E-state index contributed by atoms with van der Waals surface area (Å²) in [6.45, 7) is 0.00346. The second-order valence-corrected chi connectivity index (χ2v) is 7.66. The molecule has 176 valence electrons. The van der Waals surface area contributed by atoms with Gasteiger partial charge in [-0.25, -0.2) is 4.79 Å². The highest BCUT2D eigenvalue weighted by Gasteiger charge is 2.24. The lowest BCUT2D eigenvalue weighted by atomic mass is 10.1. The molecule has 3 aromatic carbocycles. The molecule has 35 heavy (non-hydrogen) atoms. The van der Waals surface area contributed by atoms with E-state index in [1.807, 2.05) is 0 Å². The van der Waals surface area contributed by atoms with Crippen molar-refractivity contribution in [3.63, 3.8) is 0 Å². The molecule has 0 aliphatic carbocycles. The Kier molecular flexibility index (Phi) is 5.58. The molecule has 9 nitrogen and oxygen atoms in total. The Morgan fingerprint density at radius 1 is 0.914 bits per heavy atom. The molecule has 0 fully saturated rings. The van der Waals surface area contributed by atoms with Crippen molar-refractivity contribution < 1.29 is 28.5 Å². The van der Waals surface area contributed by atoms with Gasteiger partial charge in [-0.05, 0) is 18.2 Å². The summed E-state index contributed by atoms with van der Waals surface area (Å²) in [7, 11) is 2.78. The van der Waals surface area contributed by atoms with Crippen molar-refractivity contribution >= 4 is 28.3 Å². The number of fused-ring (bicyclic) bond motifs is 2. The fraction of sp³-hybridized carbons (Fsp3) is 0.115. The minimum absolute atomic E-state index is 0.00346. The van der Waals surface area contributed by atoms with Crippen LogP contribution in [0.4, 0.5) is 5.69 Å². The Labute approximate surface area is 199 Å². The molecule has 0 saturated carbocycles. The van der Waals surface area contributed by atoms with Crippen LogP contribution in [0.5, 0.6) is 17.2 Å². The van der Waals surface area contributed by atoms with E-state index in [1.165, 1.54) is 37.1 Å². The number of aromatic nitrogens is 1. The van der Waals surface area contributed by atoms with Gasteiger partial charge in [0.05, 0.1) is 36.7 Å². The van der Waals surface area contributed by atoms with Crippen molar-refractivity contribution in [2.45, 2.75) is 0 Å². The van der Waals surface area contributed by atoms with Crippen molar-refractivity contribution in [1.29, 1.82) is 0 Å². The second-order valence-electron chi connectivity index (χ2n) is 7.66. The highest BCUT2D eigenvalue weighted by atomic mass is 16.7. The highest BCUT2D eigenvalue weighted by Crippen LogP contribution is 2.37. The Bertz CT molecular complexity index is 1540. The third-order valence-electron chi connectivity index (χ3n) is 5.67. The quantitative estimate of drug-likeness (QED) is 0.441. The summed E-state index contributed by atoms with van der Waals surface area (Å²) in [5.74, 6) is 0.155. The first-order valence-corrected chi connectivity index (χ1v) is 10.6. The van der Waals surface area contributed by atoms with Gasteiger partial charge >= 0.3 is 5.97 Å². The number of benzene rings is 3. The van der Waals surface area contributed by atoms with Crippen LogP contribution in [-0.4, -0.2) is 37.5 Å². The van der Waals surface area contributed by atoms with Crippen LogP contribution in [0.3, 0.4) is 0 Å². The first-order chi connectivity index (χ1) is 17.0. The van der Waals surface area contributed by atoms with E-state index in [1.54, 1.807) is 48.5 Å². The zero-order valence-electron chi connectivity index (χ0n) is 18.9. The number of rotatable bonds is 5. The van der Waals surface area contributed by atoms with E-state index in [-0.39, 0.29) is 29.2 Å². The van der Waals surface area contributed by atoms with Crippen LogP contribution in [-0.2, 0) is 4.74 Å². The molecule has 5 rings (SSSR count). The van der Waals surface area contributed by atoms with Gasteiger partial charge in [0.25, 0.3) is 11.5 Å². The molecule has 0 unspecified atom stereocenters. The molecule has 1 aromatic heterocycles. The van der Waals surface area contributed by atoms with E-state index < -0.39 is 11.9 Å². The molecule has 1 aliphatic rings. The molecule has 0 spiro atoms. The number of esters is 1. The predicted octanol–water partition coefficient (Wildman–Crippen LogP) is 3.77. The minimum atomic E-state index is -0.648. The number of nitrogens with zero attached hydrogens (tertiary/aromatic N) is 1. The fourth-order valence-corrected chi connectivity index (χ4v) is 3.94. The predicted molar refractivity (Wildman–Crippen MR) is 128 cm³/mol. The maximum Gasteiger partial charge on any atom is 0.340 e. The molecule has 1 amide bonds. The van der Waals surface area contributed by atoms with Gasteiger partial charge in [0.15, 0.2) is 11.5 Å². The van der Waals surface area contributed by atoms with Crippen molar-refractivity contribution in [3.8, 4) is 22.9 Å². The standard InChI is InChI=1S/C26H20N2O7/c1-32-16-7-5-6-15(10-16)28-13-20(17-8-3-4-9-18(17)25(28)30)24(29)27-21-12-23-22(34-14-35-23)11-19(21)26(31)33-2/h3-13H,14H2,1-2H3,(H,27,29). The lowest BCUT2D eigenvalue weighted by Gasteiger charge is -2.15. The molecule has 0 atom stereocenters. The first kappa shape index (κ1) is 22.0. The zero-order chi connectivity index (χ0) is 24.5. The number of hydrogen-bond donors (Lipinski definition) is 1. The van der Waals surface area contributed by atoms with Crippen molar-refractivity contribution in [1.82, 2.24) is 4.57 Å². The molecule has 2 heterocycles. The highest BCUT2D eigenvalue weighted by molar-refractivity contribution is 6.14. The number of ether oxygens (including phenoxy) is 4. The second kappa shape index (κ2) is 8.86. The van der Waals surface area contributed by atoms with Crippen LogP contribution >= 0.6 is 0 Å². The van der Waals surface area contributed by atoms with Gasteiger partial charge in [-0.3, -0.25) is 14.2 Å². The fourth-order valence-electron chi connectivity index (χ4n) is 3.94. The van der Waals surface area contributed by atoms with E-state index in [4.69, 9.17) is 18.9 Å². The number of nitrogens with one attached hydrogen (secondary N) is 1. The van der Waals surface area contributed by atoms with Crippen LogP contribution in [0, 0.1) is 0 Å². The van der Waals surface area contributed by atoms with Gasteiger partial charge in [0.2, 0.25) is 6.79 Å².